The van der Waals surface area contributed by atoms with Crippen LogP contribution >= 0.6 is 0 Å². The zero-order valence-electron chi connectivity index (χ0n) is 11.2. The number of amides is 1. The average Bonchev–Trinajstić information content (AvgIpc) is 2.42. The molecule has 1 aliphatic heterocycles. The number of fused-ring (bicyclic) bond motifs is 1. The van der Waals surface area contributed by atoms with E-state index in [2.05, 4.69) is 0 Å². The van der Waals surface area contributed by atoms with Crippen molar-refractivity contribution >= 4 is 5.91 Å². The lowest BCUT2D eigenvalue weighted by molar-refractivity contribution is 0.0744. The van der Waals surface area contributed by atoms with Crippen molar-refractivity contribution in [2.75, 3.05) is 40.0 Å². The zero-order valence-corrected chi connectivity index (χ0v) is 11.2. The van der Waals surface area contributed by atoms with Gasteiger partial charge in [-0.05, 0) is 30.2 Å². The zero-order chi connectivity index (χ0) is 13.7. The van der Waals surface area contributed by atoms with E-state index in [-0.39, 0.29) is 5.91 Å². The van der Waals surface area contributed by atoms with Crippen LogP contribution in [0.1, 0.15) is 15.9 Å². The van der Waals surface area contributed by atoms with Gasteiger partial charge in [0.2, 0.25) is 0 Å². The number of carbonyl (C=O) groups is 1. The first-order valence-electron chi connectivity index (χ1n) is 6.50. The van der Waals surface area contributed by atoms with Gasteiger partial charge in [0.15, 0.2) is 0 Å². The van der Waals surface area contributed by atoms with E-state index in [1.807, 2.05) is 18.2 Å². The summed E-state index contributed by atoms with van der Waals surface area (Å²) in [6.07, 6.45) is 0.850. The van der Waals surface area contributed by atoms with E-state index in [9.17, 15) is 4.79 Å². The van der Waals surface area contributed by atoms with E-state index in [0.717, 1.165) is 29.8 Å². The number of ether oxygens (including phenoxy) is 2. The highest BCUT2D eigenvalue weighted by Gasteiger charge is 2.23. The van der Waals surface area contributed by atoms with Crippen molar-refractivity contribution in [3.05, 3.63) is 29.3 Å². The lowest BCUT2D eigenvalue weighted by Gasteiger charge is -2.28. The molecule has 0 aromatic heterocycles. The summed E-state index contributed by atoms with van der Waals surface area (Å²) in [6.45, 7) is 2.91. The molecule has 1 amide bonds. The first-order chi connectivity index (χ1) is 9.26. The highest BCUT2D eigenvalue weighted by Crippen LogP contribution is 2.23. The topological polar surface area (TPSA) is 64.8 Å². The van der Waals surface area contributed by atoms with Gasteiger partial charge in [0.1, 0.15) is 12.4 Å². The molecule has 104 valence electrons. The Bertz CT molecular complexity index is 448. The van der Waals surface area contributed by atoms with E-state index >= 15 is 0 Å². The quantitative estimate of drug-likeness (QED) is 0.767. The number of nitrogens with zero attached hydrogens (tertiary/aromatic N) is 1. The van der Waals surface area contributed by atoms with E-state index in [1.54, 1.807) is 12.0 Å². The third-order valence-electron chi connectivity index (χ3n) is 3.20. The molecular weight excluding hydrogens is 244 g/mol. The molecule has 5 nitrogen and oxygen atoms in total. The number of carbonyl (C=O) groups excluding carboxylic acids is 1. The van der Waals surface area contributed by atoms with Crippen molar-refractivity contribution < 1.29 is 14.3 Å². The second-order valence-corrected chi connectivity index (χ2v) is 4.49. The van der Waals surface area contributed by atoms with Crippen LogP contribution in [-0.4, -0.2) is 50.8 Å². The van der Waals surface area contributed by atoms with Gasteiger partial charge in [-0.3, -0.25) is 4.79 Å². The molecule has 1 aliphatic rings. The predicted octanol–water partition coefficient (Wildman–Crippen LogP) is 0.669. The van der Waals surface area contributed by atoms with Gasteiger partial charge < -0.3 is 20.1 Å². The molecular formula is C14H20N2O3. The van der Waals surface area contributed by atoms with Gasteiger partial charge >= 0.3 is 0 Å². The summed E-state index contributed by atoms with van der Waals surface area (Å²) in [4.78, 5) is 14.0. The van der Waals surface area contributed by atoms with Crippen molar-refractivity contribution in [2.24, 2.45) is 5.73 Å². The highest BCUT2D eigenvalue weighted by atomic mass is 16.5. The fourth-order valence-corrected chi connectivity index (χ4v) is 2.21. The van der Waals surface area contributed by atoms with Crippen molar-refractivity contribution in [1.82, 2.24) is 4.90 Å². The summed E-state index contributed by atoms with van der Waals surface area (Å²) >= 11 is 0. The molecule has 0 radical (unpaired) electrons. The van der Waals surface area contributed by atoms with Crippen molar-refractivity contribution in [3.8, 4) is 5.75 Å². The Kier molecular flexibility index (Phi) is 4.76. The minimum atomic E-state index is 0.0649. The number of benzene rings is 1. The maximum Gasteiger partial charge on any atom is 0.254 e. The maximum atomic E-state index is 12.2. The molecule has 19 heavy (non-hydrogen) atoms. The second-order valence-electron chi connectivity index (χ2n) is 4.49. The molecule has 0 aliphatic carbocycles. The molecule has 1 aromatic rings. The predicted molar refractivity (Wildman–Crippen MR) is 72.5 cm³/mol. The fraction of sp³-hybridized carbons (Fsp3) is 0.500. The molecule has 1 aromatic carbocycles. The number of nitrogens with two attached hydrogens (primary N) is 1. The third kappa shape index (κ3) is 3.24. The van der Waals surface area contributed by atoms with Crippen LogP contribution in [-0.2, 0) is 11.2 Å². The summed E-state index contributed by atoms with van der Waals surface area (Å²) in [6, 6.07) is 5.61. The molecule has 2 N–H and O–H groups in total. The van der Waals surface area contributed by atoms with Gasteiger partial charge in [-0.25, -0.2) is 0 Å². The fourth-order valence-electron chi connectivity index (χ4n) is 2.21. The first-order valence-corrected chi connectivity index (χ1v) is 6.50. The third-order valence-corrected chi connectivity index (χ3v) is 3.20. The SMILES string of the molecule is COCCOc1ccc2c(c1)CCN(CCN)C2=O. The lowest BCUT2D eigenvalue weighted by Crippen LogP contribution is -2.40. The van der Waals surface area contributed by atoms with Gasteiger partial charge in [-0.2, -0.15) is 0 Å². The average molecular weight is 264 g/mol. The Hall–Kier alpha value is -1.59. The van der Waals surface area contributed by atoms with Crippen LogP contribution in [0.2, 0.25) is 0 Å². The smallest absolute Gasteiger partial charge is 0.254 e. The van der Waals surface area contributed by atoms with E-state index in [4.69, 9.17) is 15.2 Å². The van der Waals surface area contributed by atoms with Crippen molar-refractivity contribution in [3.63, 3.8) is 0 Å². The Balaban J connectivity index is 2.08. The monoisotopic (exact) mass is 264 g/mol. The Morgan fingerprint density at radius 3 is 2.95 bits per heavy atom. The molecule has 0 atom stereocenters. The van der Waals surface area contributed by atoms with Gasteiger partial charge in [0.05, 0.1) is 6.61 Å². The molecule has 5 heteroatoms. The molecule has 0 saturated carbocycles. The van der Waals surface area contributed by atoms with Gasteiger partial charge in [0, 0.05) is 32.3 Å². The molecule has 0 saturated heterocycles. The van der Waals surface area contributed by atoms with Gasteiger partial charge in [0.25, 0.3) is 5.91 Å². The van der Waals surface area contributed by atoms with Gasteiger partial charge in [-0.1, -0.05) is 0 Å². The van der Waals surface area contributed by atoms with Crippen molar-refractivity contribution in [1.29, 1.82) is 0 Å². The van der Waals surface area contributed by atoms with E-state index < -0.39 is 0 Å². The lowest BCUT2D eigenvalue weighted by atomic mass is 9.98. The summed E-state index contributed by atoms with van der Waals surface area (Å²) in [5.41, 5.74) is 7.32. The summed E-state index contributed by atoms with van der Waals surface area (Å²) in [5, 5.41) is 0. The summed E-state index contributed by atoms with van der Waals surface area (Å²) < 4.78 is 10.5. The van der Waals surface area contributed by atoms with Gasteiger partial charge in [-0.15, -0.1) is 0 Å². The Labute approximate surface area is 113 Å². The molecule has 0 spiro atoms. The Morgan fingerprint density at radius 2 is 2.21 bits per heavy atom. The summed E-state index contributed by atoms with van der Waals surface area (Å²) in [7, 11) is 1.64. The minimum Gasteiger partial charge on any atom is -0.491 e. The van der Waals surface area contributed by atoms with E-state index in [0.29, 0.717) is 26.3 Å². The number of hydrogen-bond acceptors (Lipinski definition) is 4. The Morgan fingerprint density at radius 1 is 1.37 bits per heavy atom. The standard InChI is InChI=1S/C14H20N2O3/c1-18-8-9-19-12-2-3-13-11(10-12)4-6-16(7-5-15)14(13)17/h2-3,10H,4-9,15H2,1H3. The molecule has 2 rings (SSSR count). The molecule has 1 heterocycles. The molecule has 0 unspecified atom stereocenters. The molecule has 0 fully saturated rings. The number of hydrogen-bond donors (Lipinski definition) is 1. The van der Waals surface area contributed by atoms with Crippen molar-refractivity contribution in [2.45, 2.75) is 6.42 Å². The first kappa shape index (κ1) is 13.8. The van der Waals surface area contributed by atoms with Crippen LogP contribution in [0.15, 0.2) is 18.2 Å². The highest BCUT2D eigenvalue weighted by molar-refractivity contribution is 5.96. The van der Waals surface area contributed by atoms with Crippen LogP contribution < -0.4 is 10.5 Å². The molecule has 0 bridgehead atoms. The van der Waals surface area contributed by atoms with Crippen LogP contribution in [0, 0.1) is 0 Å². The number of methoxy groups -OCH3 is 1. The van der Waals surface area contributed by atoms with Crippen LogP contribution in [0.25, 0.3) is 0 Å². The largest absolute Gasteiger partial charge is 0.491 e. The maximum absolute atomic E-state index is 12.2. The van der Waals surface area contributed by atoms with Crippen LogP contribution in [0.4, 0.5) is 0 Å². The van der Waals surface area contributed by atoms with Crippen LogP contribution in [0.5, 0.6) is 5.75 Å². The van der Waals surface area contributed by atoms with Crippen LogP contribution in [0.3, 0.4) is 0 Å². The number of rotatable bonds is 6. The second kappa shape index (κ2) is 6.54. The normalized spacial score (nSPS) is 14.4. The van der Waals surface area contributed by atoms with E-state index in [1.165, 1.54) is 0 Å². The minimum absolute atomic E-state index is 0.0649. The summed E-state index contributed by atoms with van der Waals surface area (Å²) in [5.74, 6) is 0.853.